The number of nitrogens with zero attached hydrogens (tertiary/aromatic N) is 5. The van der Waals surface area contributed by atoms with Crippen LogP contribution in [0.5, 0.6) is 0 Å². The molecule has 0 saturated carbocycles. The first-order valence-corrected chi connectivity index (χ1v) is 14.3. The second-order valence-electron chi connectivity index (χ2n) is 11.9. The number of likely N-dealkylation sites (N-methyl/N-ethyl adjacent to an activating group) is 1. The minimum atomic E-state index is -4.16. The van der Waals surface area contributed by atoms with E-state index in [4.69, 9.17) is 9.97 Å². The summed E-state index contributed by atoms with van der Waals surface area (Å²) in [5.41, 5.74) is 8.41. The maximum absolute atomic E-state index is 13.2. The van der Waals surface area contributed by atoms with E-state index in [1.807, 2.05) is 6.07 Å². The third-order valence-electron chi connectivity index (χ3n) is 8.73. The highest BCUT2D eigenvalue weighted by Crippen LogP contribution is 2.39. The molecular formula is C27H40F3N9. The van der Waals surface area contributed by atoms with Crippen LogP contribution in [0, 0.1) is 0 Å². The summed E-state index contributed by atoms with van der Waals surface area (Å²) in [7, 11) is 2.16. The number of pyridine rings is 2. The Morgan fingerprint density at radius 3 is 2.38 bits per heavy atom. The molecule has 39 heavy (non-hydrogen) atoms. The second kappa shape index (κ2) is 11.0. The maximum atomic E-state index is 13.2. The molecule has 4 aliphatic heterocycles. The van der Waals surface area contributed by atoms with E-state index in [9.17, 15) is 13.2 Å². The van der Waals surface area contributed by atoms with Crippen LogP contribution in [0.4, 0.5) is 24.8 Å². The molecule has 5 atom stereocenters. The molecule has 214 valence electrons. The van der Waals surface area contributed by atoms with Gasteiger partial charge in [0.15, 0.2) is 0 Å². The molecular weight excluding hydrogens is 507 g/mol. The molecule has 0 amide bonds. The highest BCUT2D eigenvalue weighted by Gasteiger charge is 2.45. The number of aromatic nitrogens is 2. The molecule has 2 bridgehead atoms. The SMILES string of the molecule is CC1CC(Nc2cc3nc(CN4CCN(C)CC4)ccc3c(NC3C[C@H]4CC[C@@H](C3)N4CC(F)(F)F)n2)NN1. The Kier molecular flexibility index (Phi) is 7.58. The van der Waals surface area contributed by atoms with Crippen molar-refractivity contribution in [2.45, 2.75) is 82.1 Å². The predicted octanol–water partition coefficient (Wildman–Crippen LogP) is 2.97. The Morgan fingerprint density at radius 2 is 1.72 bits per heavy atom. The van der Waals surface area contributed by atoms with E-state index in [1.54, 1.807) is 4.90 Å². The number of rotatable bonds is 7. The van der Waals surface area contributed by atoms with Crippen LogP contribution in [-0.4, -0.2) is 101 Å². The quantitative estimate of drug-likeness (QED) is 0.418. The molecule has 2 aromatic rings. The Bertz CT molecular complexity index is 1140. The van der Waals surface area contributed by atoms with Crippen LogP contribution in [0.25, 0.3) is 10.9 Å². The summed E-state index contributed by atoms with van der Waals surface area (Å²) in [5, 5.41) is 8.08. The van der Waals surface area contributed by atoms with Gasteiger partial charge in [-0.1, -0.05) is 0 Å². The molecule has 6 rings (SSSR count). The van der Waals surface area contributed by atoms with Gasteiger partial charge in [-0.05, 0) is 58.2 Å². The lowest BCUT2D eigenvalue weighted by molar-refractivity contribution is -0.155. The molecule has 4 fully saturated rings. The van der Waals surface area contributed by atoms with Crippen molar-refractivity contribution in [3.05, 3.63) is 23.9 Å². The van der Waals surface area contributed by atoms with Gasteiger partial charge in [0.1, 0.15) is 11.6 Å². The molecule has 6 heterocycles. The van der Waals surface area contributed by atoms with E-state index < -0.39 is 12.7 Å². The van der Waals surface area contributed by atoms with E-state index in [-0.39, 0.29) is 24.3 Å². The zero-order valence-corrected chi connectivity index (χ0v) is 22.8. The highest BCUT2D eigenvalue weighted by molar-refractivity contribution is 5.91. The number of fused-ring (bicyclic) bond motifs is 3. The average Bonchev–Trinajstić information content (AvgIpc) is 3.37. The topological polar surface area (TPSA) is 83.6 Å². The lowest BCUT2D eigenvalue weighted by atomic mass is 9.97. The van der Waals surface area contributed by atoms with Gasteiger partial charge in [-0.2, -0.15) is 13.2 Å². The molecule has 0 aromatic carbocycles. The molecule has 12 heteroatoms. The zero-order chi connectivity index (χ0) is 27.1. The molecule has 0 radical (unpaired) electrons. The number of hydrogen-bond acceptors (Lipinski definition) is 9. The molecule has 4 saturated heterocycles. The van der Waals surface area contributed by atoms with Gasteiger partial charge in [-0.3, -0.25) is 20.2 Å². The summed E-state index contributed by atoms with van der Waals surface area (Å²) >= 11 is 0. The fourth-order valence-corrected chi connectivity index (χ4v) is 6.72. The Balaban J connectivity index is 1.23. The van der Waals surface area contributed by atoms with Crippen LogP contribution in [0.2, 0.25) is 0 Å². The average molecular weight is 548 g/mol. The van der Waals surface area contributed by atoms with Crippen molar-refractivity contribution < 1.29 is 13.2 Å². The Hall–Kier alpha value is -2.25. The van der Waals surface area contributed by atoms with Crippen molar-refractivity contribution in [1.82, 2.24) is 35.5 Å². The van der Waals surface area contributed by atoms with Gasteiger partial charge in [0.2, 0.25) is 0 Å². The van der Waals surface area contributed by atoms with Crippen molar-refractivity contribution in [3.8, 4) is 0 Å². The van der Waals surface area contributed by atoms with E-state index in [2.05, 4.69) is 57.4 Å². The van der Waals surface area contributed by atoms with Gasteiger partial charge >= 0.3 is 6.18 Å². The maximum Gasteiger partial charge on any atom is 0.401 e. The van der Waals surface area contributed by atoms with Gasteiger partial charge in [0, 0.05) is 68.3 Å². The second-order valence-corrected chi connectivity index (χ2v) is 11.9. The predicted molar refractivity (Wildman–Crippen MR) is 146 cm³/mol. The number of anilines is 2. The Morgan fingerprint density at radius 1 is 0.974 bits per heavy atom. The number of nitrogens with one attached hydrogen (secondary N) is 4. The smallest absolute Gasteiger partial charge is 0.367 e. The molecule has 4 N–H and O–H groups in total. The van der Waals surface area contributed by atoms with Crippen molar-refractivity contribution in [1.29, 1.82) is 0 Å². The minimum Gasteiger partial charge on any atom is -0.367 e. The van der Waals surface area contributed by atoms with Crippen LogP contribution in [0.15, 0.2) is 18.2 Å². The van der Waals surface area contributed by atoms with E-state index >= 15 is 0 Å². The lowest BCUT2D eigenvalue weighted by Gasteiger charge is -2.39. The van der Waals surface area contributed by atoms with E-state index in [1.165, 1.54) is 0 Å². The monoisotopic (exact) mass is 547 g/mol. The van der Waals surface area contributed by atoms with Crippen molar-refractivity contribution in [2.24, 2.45) is 0 Å². The van der Waals surface area contributed by atoms with E-state index in [0.717, 1.165) is 80.2 Å². The van der Waals surface area contributed by atoms with Crippen LogP contribution >= 0.6 is 0 Å². The number of hydrogen-bond donors (Lipinski definition) is 4. The lowest BCUT2D eigenvalue weighted by Crippen LogP contribution is -2.50. The van der Waals surface area contributed by atoms with Crippen LogP contribution in [-0.2, 0) is 6.54 Å². The first kappa shape index (κ1) is 26.9. The van der Waals surface area contributed by atoms with Crippen molar-refractivity contribution in [2.75, 3.05) is 50.4 Å². The largest absolute Gasteiger partial charge is 0.401 e. The normalized spacial score (nSPS) is 30.7. The van der Waals surface area contributed by atoms with E-state index in [0.29, 0.717) is 18.9 Å². The molecule has 3 unspecified atom stereocenters. The summed E-state index contributed by atoms with van der Waals surface area (Å²) < 4.78 is 39.5. The first-order valence-electron chi connectivity index (χ1n) is 14.3. The number of hydrazine groups is 1. The summed E-state index contributed by atoms with van der Waals surface area (Å²) in [6.45, 7) is 6.30. The van der Waals surface area contributed by atoms with Gasteiger partial charge < -0.3 is 15.5 Å². The number of piperidine rings is 1. The minimum absolute atomic E-state index is 0.0426. The van der Waals surface area contributed by atoms with Crippen LogP contribution < -0.4 is 21.5 Å². The van der Waals surface area contributed by atoms with Gasteiger partial charge in [0.05, 0.1) is 23.9 Å². The third-order valence-corrected chi connectivity index (χ3v) is 8.73. The Labute approximate surface area is 227 Å². The summed E-state index contributed by atoms with van der Waals surface area (Å²) in [6.07, 6.45) is -0.169. The third kappa shape index (κ3) is 6.40. The number of alkyl halides is 3. The zero-order valence-electron chi connectivity index (χ0n) is 22.8. The highest BCUT2D eigenvalue weighted by atomic mass is 19.4. The van der Waals surface area contributed by atoms with Crippen LogP contribution in [0.1, 0.15) is 44.7 Å². The first-order chi connectivity index (χ1) is 18.7. The van der Waals surface area contributed by atoms with Gasteiger partial charge in [0.25, 0.3) is 0 Å². The van der Waals surface area contributed by atoms with Crippen LogP contribution in [0.3, 0.4) is 0 Å². The number of halogens is 3. The molecule has 4 aliphatic rings. The van der Waals surface area contributed by atoms with Crippen molar-refractivity contribution in [3.63, 3.8) is 0 Å². The summed E-state index contributed by atoms with van der Waals surface area (Å²) in [4.78, 5) is 16.4. The molecule has 2 aromatic heterocycles. The summed E-state index contributed by atoms with van der Waals surface area (Å²) in [5.74, 6) is 1.49. The number of piperazine rings is 1. The summed E-state index contributed by atoms with van der Waals surface area (Å²) in [6, 6.07) is 6.53. The standard InChI is InChI=1S/C27H40F3N9/c1-17-11-25(36-35-17)33-24-14-23-22(6-3-18(31-23)15-38-9-7-37(2)8-10-38)26(34-24)32-19-12-20-4-5-21(13-19)39(20)16-27(28,29)30/h3,6,14,17,19-21,25,35-36H,4-5,7-13,15-16H2,1-2H3,(H2,32,33,34)/t17?,19?,20-,21+,25?. The molecule has 0 aliphatic carbocycles. The van der Waals surface area contributed by atoms with Gasteiger partial charge in [-0.15, -0.1) is 0 Å². The molecule has 0 spiro atoms. The van der Waals surface area contributed by atoms with Crippen molar-refractivity contribution >= 4 is 22.5 Å². The fourth-order valence-electron chi connectivity index (χ4n) is 6.72. The van der Waals surface area contributed by atoms with Gasteiger partial charge in [-0.25, -0.2) is 10.4 Å². The molecule has 9 nitrogen and oxygen atoms in total. The fraction of sp³-hybridized carbons (Fsp3) is 0.704.